The number of aryl methyl sites for hydroxylation is 1. The van der Waals surface area contributed by atoms with Crippen LogP contribution in [-0.4, -0.2) is 29.7 Å². The normalized spacial score (nSPS) is 11.1. The first-order valence-electron chi connectivity index (χ1n) is 12.7. The summed E-state index contributed by atoms with van der Waals surface area (Å²) >= 11 is 3.36. The third-order valence-electron chi connectivity index (χ3n) is 6.17. The van der Waals surface area contributed by atoms with Gasteiger partial charge in [0.25, 0.3) is 5.91 Å². The van der Waals surface area contributed by atoms with E-state index in [4.69, 9.17) is 9.47 Å². The van der Waals surface area contributed by atoms with Crippen molar-refractivity contribution >= 4 is 44.9 Å². The number of aromatic nitrogens is 1. The fourth-order valence-corrected chi connectivity index (χ4v) is 4.57. The van der Waals surface area contributed by atoms with E-state index in [1.807, 2.05) is 56.3 Å². The summed E-state index contributed by atoms with van der Waals surface area (Å²) < 4.78 is 12.1. The van der Waals surface area contributed by atoms with Gasteiger partial charge >= 0.3 is 5.97 Å². The summed E-state index contributed by atoms with van der Waals surface area (Å²) in [5.74, 6) is -0.184. The molecule has 7 nitrogen and oxygen atoms in total. The number of carbonyl (C=O) groups excluding carboxylic acids is 2. The van der Waals surface area contributed by atoms with Crippen molar-refractivity contribution in [3.05, 3.63) is 118 Å². The zero-order chi connectivity index (χ0) is 28.1. The van der Waals surface area contributed by atoms with E-state index in [2.05, 4.69) is 37.5 Å². The van der Waals surface area contributed by atoms with Gasteiger partial charge in [0.15, 0.2) is 11.5 Å². The lowest BCUT2D eigenvalue weighted by molar-refractivity contribution is 0.0728. The Morgan fingerprint density at radius 2 is 1.73 bits per heavy atom. The van der Waals surface area contributed by atoms with Crippen LogP contribution in [0.4, 0.5) is 0 Å². The molecule has 8 heteroatoms. The number of ether oxygens (including phenoxy) is 2. The van der Waals surface area contributed by atoms with Gasteiger partial charge in [-0.25, -0.2) is 10.2 Å². The highest BCUT2D eigenvalue weighted by Gasteiger charge is 2.19. The molecule has 0 aliphatic carbocycles. The van der Waals surface area contributed by atoms with Crippen molar-refractivity contribution in [3.63, 3.8) is 0 Å². The number of hydrogen-bond acceptors (Lipinski definition) is 5. The monoisotopic (exact) mass is 595 g/mol. The Bertz CT molecular complexity index is 1710. The minimum Gasteiger partial charge on any atom is -0.490 e. The largest absolute Gasteiger partial charge is 0.490 e. The van der Waals surface area contributed by atoms with Crippen molar-refractivity contribution < 1.29 is 19.1 Å². The summed E-state index contributed by atoms with van der Waals surface area (Å²) in [6, 6.07) is 27.8. The number of nitrogens with one attached hydrogen (secondary N) is 2. The molecule has 0 bridgehead atoms. The number of H-pyrrole nitrogens is 1. The zero-order valence-corrected chi connectivity index (χ0v) is 23.5. The average molecular weight is 596 g/mol. The predicted octanol–water partition coefficient (Wildman–Crippen LogP) is 7.29. The van der Waals surface area contributed by atoms with Crippen LogP contribution in [0.2, 0.25) is 0 Å². The molecule has 40 heavy (non-hydrogen) atoms. The van der Waals surface area contributed by atoms with Gasteiger partial charge in [-0.05, 0) is 79.6 Å². The van der Waals surface area contributed by atoms with E-state index >= 15 is 0 Å². The molecular formula is C32H26BrN3O4. The van der Waals surface area contributed by atoms with Gasteiger partial charge in [-0.3, -0.25) is 4.79 Å². The van der Waals surface area contributed by atoms with Crippen molar-refractivity contribution in [2.24, 2.45) is 5.10 Å². The Morgan fingerprint density at radius 3 is 2.48 bits per heavy atom. The second kappa shape index (κ2) is 12.0. The molecule has 1 heterocycles. The van der Waals surface area contributed by atoms with Crippen LogP contribution in [0.5, 0.6) is 11.5 Å². The minimum absolute atomic E-state index is 0.289. The molecular weight excluding hydrogens is 570 g/mol. The molecule has 5 rings (SSSR count). The Balaban J connectivity index is 1.35. The number of esters is 1. The maximum absolute atomic E-state index is 13.2. The van der Waals surface area contributed by atoms with Crippen molar-refractivity contribution in [3.8, 4) is 22.6 Å². The number of carbonyl (C=O) groups is 2. The Hall–Kier alpha value is -4.69. The maximum Gasteiger partial charge on any atom is 0.343 e. The van der Waals surface area contributed by atoms with Gasteiger partial charge in [-0.1, -0.05) is 57.9 Å². The molecule has 4 aromatic carbocycles. The predicted molar refractivity (Wildman–Crippen MR) is 160 cm³/mol. The molecule has 0 spiro atoms. The quantitative estimate of drug-likeness (QED) is 0.0852. The summed E-state index contributed by atoms with van der Waals surface area (Å²) in [5, 5.41) is 5.14. The molecule has 0 atom stereocenters. The number of rotatable bonds is 8. The minimum atomic E-state index is -0.495. The van der Waals surface area contributed by atoms with E-state index < -0.39 is 5.97 Å². The van der Waals surface area contributed by atoms with Crippen molar-refractivity contribution in [2.75, 3.05) is 6.61 Å². The van der Waals surface area contributed by atoms with Crippen molar-refractivity contribution in [1.82, 2.24) is 10.4 Å². The fourth-order valence-electron chi connectivity index (χ4n) is 4.30. The van der Waals surface area contributed by atoms with Crippen molar-refractivity contribution in [1.29, 1.82) is 0 Å². The van der Waals surface area contributed by atoms with Crippen LogP contribution in [-0.2, 0) is 0 Å². The molecule has 0 saturated heterocycles. The lowest BCUT2D eigenvalue weighted by atomic mass is 10.0. The molecule has 5 aromatic rings. The van der Waals surface area contributed by atoms with Gasteiger partial charge in [-0.15, -0.1) is 0 Å². The second-order valence-electron chi connectivity index (χ2n) is 9.02. The molecule has 0 aliphatic rings. The summed E-state index contributed by atoms with van der Waals surface area (Å²) in [5.41, 5.74) is 7.85. The van der Waals surface area contributed by atoms with Crippen LogP contribution in [0.3, 0.4) is 0 Å². The van der Waals surface area contributed by atoms with E-state index in [9.17, 15) is 9.59 Å². The summed E-state index contributed by atoms with van der Waals surface area (Å²) in [6.45, 7) is 4.24. The van der Waals surface area contributed by atoms with Gasteiger partial charge in [-0.2, -0.15) is 5.10 Å². The first-order chi connectivity index (χ1) is 19.4. The topological polar surface area (TPSA) is 92.8 Å². The Labute approximate surface area is 240 Å². The summed E-state index contributed by atoms with van der Waals surface area (Å²) in [6.07, 6.45) is 1.51. The average Bonchev–Trinajstić information content (AvgIpc) is 3.34. The van der Waals surface area contributed by atoms with Gasteiger partial charge < -0.3 is 14.5 Å². The summed E-state index contributed by atoms with van der Waals surface area (Å²) in [7, 11) is 0. The maximum atomic E-state index is 13.2. The SMILES string of the molecule is CCOc1cc(C=NNC(=O)c2[nH]c3ccc(C)cc3c2-c2ccccc2)ccc1OC(=O)c1ccc(Br)cc1. The Morgan fingerprint density at radius 1 is 0.950 bits per heavy atom. The van der Waals surface area contributed by atoms with Gasteiger partial charge in [0, 0.05) is 20.9 Å². The lowest BCUT2D eigenvalue weighted by Gasteiger charge is -2.11. The van der Waals surface area contributed by atoms with E-state index in [0.29, 0.717) is 29.2 Å². The number of hydrogen-bond donors (Lipinski definition) is 2. The fraction of sp³-hybridized carbons (Fsp3) is 0.0938. The van der Waals surface area contributed by atoms with Crippen LogP contribution in [0.15, 0.2) is 101 Å². The van der Waals surface area contributed by atoms with Crippen molar-refractivity contribution in [2.45, 2.75) is 13.8 Å². The molecule has 0 saturated carbocycles. The van der Waals surface area contributed by atoms with Crippen LogP contribution < -0.4 is 14.9 Å². The third kappa shape index (κ3) is 5.97. The highest BCUT2D eigenvalue weighted by atomic mass is 79.9. The first kappa shape index (κ1) is 26.9. The third-order valence-corrected chi connectivity index (χ3v) is 6.70. The van der Waals surface area contributed by atoms with E-state index in [-0.39, 0.29) is 11.7 Å². The number of halogens is 1. The van der Waals surface area contributed by atoms with Gasteiger partial charge in [0.1, 0.15) is 5.69 Å². The van der Waals surface area contributed by atoms with Gasteiger partial charge in [0.2, 0.25) is 0 Å². The number of aromatic amines is 1. The molecule has 0 unspecified atom stereocenters. The molecule has 2 N–H and O–H groups in total. The first-order valence-corrected chi connectivity index (χ1v) is 13.5. The number of nitrogens with zero attached hydrogens (tertiary/aromatic N) is 1. The van der Waals surface area contributed by atoms with Crippen LogP contribution in [0.1, 0.15) is 38.9 Å². The van der Waals surface area contributed by atoms with E-state index in [1.165, 1.54) is 6.21 Å². The number of hydrazone groups is 1. The highest BCUT2D eigenvalue weighted by Crippen LogP contribution is 2.33. The van der Waals surface area contributed by atoms with Crippen LogP contribution >= 0.6 is 15.9 Å². The molecule has 0 fully saturated rings. The Kier molecular flexibility index (Phi) is 8.07. The smallest absolute Gasteiger partial charge is 0.343 e. The zero-order valence-electron chi connectivity index (χ0n) is 21.9. The van der Waals surface area contributed by atoms with Crippen LogP contribution in [0.25, 0.3) is 22.0 Å². The van der Waals surface area contributed by atoms with E-state index in [1.54, 1.807) is 42.5 Å². The molecule has 200 valence electrons. The standard InChI is InChI=1S/C32H26BrN3O4/c1-3-39-28-18-21(10-16-27(28)40-32(38)23-11-13-24(33)14-12-23)19-34-36-31(37)30-29(22-7-5-4-6-8-22)25-17-20(2)9-15-26(25)35-30/h4-19,35H,3H2,1-2H3,(H,36,37). The molecule has 0 radical (unpaired) electrons. The number of fused-ring (bicyclic) bond motifs is 1. The molecule has 1 aromatic heterocycles. The summed E-state index contributed by atoms with van der Waals surface area (Å²) in [4.78, 5) is 29.1. The number of benzene rings is 4. The lowest BCUT2D eigenvalue weighted by Crippen LogP contribution is -2.18. The number of amides is 1. The van der Waals surface area contributed by atoms with Gasteiger partial charge in [0.05, 0.1) is 18.4 Å². The van der Waals surface area contributed by atoms with Crippen LogP contribution in [0, 0.1) is 6.92 Å². The molecule has 0 aliphatic heterocycles. The molecule has 1 amide bonds. The second-order valence-corrected chi connectivity index (χ2v) is 9.94. The highest BCUT2D eigenvalue weighted by molar-refractivity contribution is 9.10. The van der Waals surface area contributed by atoms with E-state index in [0.717, 1.165) is 32.1 Å².